The number of fused-ring (bicyclic) bond motifs is 3. The van der Waals surface area contributed by atoms with Crippen LogP contribution < -0.4 is 0 Å². The Morgan fingerprint density at radius 3 is 2.83 bits per heavy atom. The lowest BCUT2D eigenvalue weighted by atomic mass is 9.54. The van der Waals surface area contributed by atoms with Crippen LogP contribution >= 0.6 is 0 Å². The summed E-state index contributed by atoms with van der Waals surface area (Å²) in [5.74, 6) is -0.0528. The van der Waals surface area contributed by atoms with E-state index in [1.165, 1.54) is 0 Å². The Morgan fingerprint density at radius 2 is 2.11 bits per heavy atom. The van der Waals surface area contributed by atoms with Crippen LogP contribution in [0.15, 0.2) is 24.3 Å². The molecule has 0 aromatic carbocycles. The zero-order chi connectivity index (χ0) is 13.1. The van der Waals surface area contributed by atoms with E-state index in [0.29, 0.717) is 5.57 Å². The van der Waals surface area contributed by atoms with Crippen LogP contribution in [0.1, 0.15) is 32.6 Å². The molecule has 0 amide bonds. The van der Waals surface area contributed by atoms with Crippen molar-refractivity contribution in [3.05, 3.63) is 24.3 Å². The summed E-state index contributed by atoms with van der Waals surface area (Å²) in [7, 11) is 0. The first kappa shape index (κ1) is 12.0. The van der Waals surface area contributed by atoms with E-state index in [1.807, 2.05) is 0 Å². The van der Waals surface area contributed by atoms with E-state index in [2.05, 4.69) is 20.1 Å². The molecule has 5 atom stereocenters. The summed E-state index contributed by atoms with van der Waals surface area (Å²) < 4.78 is 5.52. The lowest BCUT2D eigenvalue weighted by Gasteiger charge is -2.52. The molecule has 3 rings (SSSR count). The first-order chi connectivity index (χ1) is 8.45. The van der Waals surface area contributed by atoms with Crippen LogP contribution in [0.3, 0.4) is 0 Å². The molecule has 3 aliphatic rings. The topological polar surface area (TPSA) is 46.5 Å². The van der Waals surface area contributed by atoms with Gasteiger partial charge in [0, 0.05) is 22.8 Å². The molecule has 3 fully saturated rings. The zero-order valence-corrected chi connectivity index (χ0v) is 10.8. The Balaban J connectivity index is 2.00. The number of hydrogen-bond donors (Lipinski definition) is 1. The Morgan fingerprint density at radius 1 is 1.39 bits per heavy atom. The van der Waals surface area contributed by atoms with Crippen molar-refractivity contribution in [2.45, 2.75) is 44.8 Å². The fraction of sp³-hybridized carbons (Fsp3) is 0.667. The maximum atomic E-state index is 11.7. The molecular formula is C15H20O3. The van der Waals surface area contributed by atoms with Crippen LogP contribution in [-0.4, -0.2) is 23.3 Å². The molecule has 0 radical (unpaired) electrons. The first-order valence-electron chi connectivity index (χ1n) is 6.70. The highest BCUT2D eigenvalue weighted by atomic mass is 16.6. The highest BCUT2D eigenvalue weighted by Crippen LogP contribution is 2.57. The molecule has 98 valence electrons. The minimum absolute atomic E-state index is 0.0863. The fourth-order valence-electron chi connectivity index (χ4n) is 4.15. The molecule has 3 heteroatoms. The van der Waals surface area contributed by atoms with E-state index < -0.39 is 0 Å². The Labute approximate surface area is 108 Å². The molecule has 1 heterocycles. The van der Waals surface area contributed by atoms with Gasteiger partial charge in [-0.2, -0.15) is 0 Å². The molecule has 18 heavy (non-hydrogen) atoms. The van der Waals surface area contributed by atoms with E-state index in [9.17, 15) is 9.90 Å². The number of aliphatic hydroxyl groups is 1. The largest absolute Gasteiger partial charge is 0.458 e. The molecule has 1 N–H and O–H groups in total. The summed E-state index contributed by atoms with van der Waals surface area (Å²) in [4.78, 5) is 11.7. The number of carbonyl (C=O) groups excluding carboxylic acids is 1. The van der Waals surface area contributed by atoms with Crippen LogP contribution in [0, 0.1) is 17.3 Å². The molecule has 1 aliphatic heterocycles. The third-order valence-electron chi connectivity index (χ3n) is 5.32. The summed E-state index contributed by atoms with van der Waals surface area (Å²) in [6.45, 7) is 10.1. The molecule has 0 spiro atoms. The van der Waals surface area contributed by atoms with E-state index in [-0.39, 0.29) is 35.4 Å². The molecule has 3 nitrogen and oxygen atoms in total. The lowest BCUT2D eigenvalue weighted by Crippen LogP contribution is -2.53. The van der Waals surface area contributed by atoms with Gasteiger partial charge in [0.2, 0.25) is 0 Å². The van der Waals surface area contributed by atoms with Gasteiger partial charge in [0.1, 0.15) is 6.10 Å². The van der Waals surface area contributed by atoms with Crippen molar-refractivity contribution in [3.63, 3.8) is 0 Å². The van der Waals surface area contributed by atoms with E-state index in [1.54, 1.807) is 0 Å². The first-order valence-corrected chi connectivity index (χ1v) is 6.70. The number of aliphatic hydroxyl groups excluding tert-OH is 1. The summed E-state index contributed by atoms with van der Waals surface area (Å²) in [5.41, 5.74) is 1.54. The summed E-state index contributed by atoms with van der Waals surface area (Å²) in [6, 6.07) is 0. The molecule has 0 aromatic rings. The van der Waals surface area contributed by atoms with Crippen LogP contribution in [0.25, 0.3) is 0 Å². The van der Waals surface area contributed by atoms with Crippen molar-refractivity contribution >= 4 is 5.97 Å². The van der Waals surface area contributed by atoms with Crippen molar-refractivity contribution in [2.75, 3.05) is 0 Å². The molecule has 0 unspecified atom stereocenters. The van der Waals surface area contributed by atoms with Crippen LogP contribution in [-0.2, 0) is 9.53 Å². The van der Waals surface area contributed by atoms with Gasteiger partial charge in [-0.25, -0.2) is 4.79 Å². The molecule has 1 saturated heterocycles. The highest BCUT2D eigenvalue weighted by molar-refractivity contribution is 5.91. The average molecular weight is 248 g/mol. The summed E-state index contributed by atoms with van der Waals surface area (Å²) in [6.07, 6.45) is 2.93. The zero-order valence-electron chi connectivity index (χ0n) is 10.8. The van der Waals surface area contributed by atoms with Gasteiger partial charge in [0.25, 0.3) is 0 Å². The number of carbonyl (C=O) groups is 1. The summed E-state index contributed by atoms with van der Waals surface area (Å²) >= 11 is 0. The maximum absolute atomic E-state index is 11.7. The van der Waals surface area contributed by atoms with Crippen molar-refractivity contribution in [2.24, 2.45) is 17.3 Å². The lowest BCUT2D eigenvalue weighted by molar-refractivity contribution is -0.150. The van der Waals surface area contributed by atoms with Gasteiger partial charge in [0.15, 0.2) is 0 Å². The summed E-state index contributed by atoms with van der Waals surface area (Å²) in [5, 5.41) is 10.3. The minimum atomic E-state index is -0.318. The second-order valence-electron chi connectivity index (χ2n) is 6.24. The van der Waals surface area contributed by atoms with E-state index in [0.717, 1.165) is 31.3 Å². The van der Waals surface area contributed by atoms with Crippen LogP contribution in [0.5, 0.6) is 0 Å². The monoisotopic (exact) mass is 248 g/mol. The van der Waals surface area contributed by atoms with Crippen molar-refractivity contribution in [1.29, 1.82) is 0 Å². The third-order valence-corrected chi connectivity index (χ3v) is 5.32. The Bertz CT molecular complexity index is 439. The second-order valence-corrected chi connectivity index (χ2v) is 6.24. The standard InChI is InChI=1S/C15H20O3/c1-8-4-5-11(16)15(3)7-6-10-9(2)14(17)18-13(10)12(8)15/h10-13,16H,1-2,4-7H2,3H3/t10-,11-,12+,13-,15-/m1/s1. The number of hydrogen-bond acceptors (Lipinski definition) is 3. The molecule has 2 saturated carbocycles. The molecule has 2 aliphatic carbocycles. The fourth-order valence-corrected chi connectivity index (χ4v) is 4.15. The Hall–Kier alpha value is -1.09. The smallest absolute Gasteiger partial charge is 0.334 e. The normalized spacial score (nSPS) is 47.6. The third kappa shape index (κ3) is 1.37. The predicted octanol–water partition coefficient (Wildman–Crippen LogP) is 2.21. The molecule has 0 bridgehead atoms. The van der Waals surface area contributed by atoms with Gasteiger partial charge < -0.3 is 9.84 Å². The number of rotatable bonds is 0. The van der Waals surface area contributed by atoms with Gasteiger partial charge in [-0.15, -0.1) is 0 Å². The number of esters is 1. The van der Waals surface area contributed by atoms with Crippen LogP contribution in [0.2, 0.25) is 0 Å². The van der Waals surface area contributed by atoms with E-state index in [4.69, 9.17) is 4.74 Å². The second kappa shape index (κ2) is 3.70. The molecular weight excluding hydrogens is 228 g/mol. The van der Waals surface area contributed by atoms with Gasteiger partial charge >= 0.3 is 5.97 Å². The van der Waals surface area contributed by atoms with Crippen LogP contribution in [0.4, 0.5) is 0 Å². The van der Waals surface area contributed by atoms with Crippen molar-refractivity contribution < 1.29 is 14.6 Å². The maximum Gasteiger partial charge on any atom is 0.334 e. The van der Waals surface area contributed by atoms with Crippen molar-refractivity contribution in [1.82, 2.24) is 0 Å². The van der Waals surface area contributed by atoms with E-state index >= 15 is 0 Å². The van der Waals surface area contributed by atoms with Gasteiger partial charge in [-0.3, -0.25) is 0 Å². The van der Waals surface area contributed by atoms with Gasteiger partial charge in [0.05, 0.1) is 6.10 Å². The number of ether oxygens (including phenoxy) is 1. The average Bonchev–Trinajstić information content (AvgIpc) is 2.60. The SMILES string of the molecule is C=C1C(=O)O[C@@H]2[C@@H]1CC[C@]1(C)[C@H](O)CCC(=C)[C@@H]21. The quantitative estimate of drug-likeness (QED) is 0.406. The van der Waals surface area contributed by atoms with Crippen molar-refractivity contribution in [3.8, 4) is 0 Å². The minimum Gasteiger partial charge on any atom is -0.458 e. The molecule has 0 aromatic heterocycles. The predicted molar refractivity (Wildman–Crippen MR) is 67.7 cm³/mol. The Kier molecular flexibility index (Phi) is 2.46. The van der Waals surface area contributed by atoms with Gasteiger partial charge in [-0.1, -0.05) is 25.7 Å². The van der Waals surface area contributed by atoms with Gasteiger partial charge in [-0.05, 0) is 25.7 Å². The highest BCUT2D eigenvalue weighted by Gasteiger charge is 2.57.